The lowest BCUT2D eigenvalue weighted by molar-refractivity contribution is -0.118. The molecule has 106 valence electrons. The summed E-state index contributed by atoms with van der Waals surface area (Å²) in [6.45, 7) is 4.42. The zero-order valence-corrected chi connectivity index (χ0v) is 12.9. The first kappa shape index (κ1) is 14.8. The van der Waals surface area contributed by atoms with E-state index >= 15 is 0 Å². The lowest BCUT2D eigenvalue weighted by atomic mass is 10.2. The van der Waals surface area contributed by atoms with E-state index in [4.69, 9.17) is 11.6 Å². The Kier molecular flexibility index (Phi) is 4.98. The van der Waals surface area contributed by atoms with E-state index in [1.165, 1.54) is 11.3 Å². The average Bonchev–Trinajstić information content (AvgIpc) is 2.83. The summed E-state index contributed by atoms with van der Waals surface area (Å²) in [5, 5.41) is 6.13. The summed E-state index contributed by atoms with van der Waals surface area (Å²) in [5.41, 5.74) is 1.78. The Hall–Kier alpha value is -1.59. The van der Waals surface area contributed by atoms with Crippen LogP contribution in [0, 0.1) is 5.92 Å². The van der Waals surface area contributed by atoms with Crippen LogP contribution in [0.15, 0.2) is 30.5 Å². The summed E-state index contributed by atoms with van der Waals surface area (Å²) in [5.74, 6) is -0.00566. The number of nitrogens with zero attached hydrogens (tertiary/aromatic N) is 1. The first-order valence-electron chi connectivity index (χ1n) is 6.29. The predicted octanol–water partition coefficient (Wildman–Crippen LogP) is 4.00. The molecule has 1 aromatic carbocycles. The fraction of sp³-hybridized carbons (Fsp3) is 0.286. The number of aromatic nitrogens is 1. The number of amides is 1. The first-order chi connectivity index (χ1) is 9.54. The third kappa shape index (κ3) is 4.21. The molecule has 0 aliphatic carbocycles. The fourth-order valence-electron chi connectivity index (χ4n) is 1.51. The summed E-state index contributed by atoms with van der Waals surface area (Å²) in [7, 11) is 0. The molecule has 0 saturated heterocycles. The van der Waals surface area contributed by atoms with E-state index in [0.717, 1.165) is 16.3 Å². The largest absolute Gasteiger partial charge is 0.380 e. The Morgan fingerprint density at radius 3 is 2.50 bits per heavy atom. The van der Waals surface area contributed by atoms with Crippen LogP contribution in [0.5, 0.6) is 0 Å². The van der Waals surface area contributed by atoms with Gasteiger partial charge < -0.3 is 10.6 Å². The van der Waals surface area contributed by atoms with Crippen molar-refractivity contribution in [2.24, 2.45) is 5.92 Å². The second-order valence-electron chi connectivity index (χ2n) is 4.65. The van der Waals surface area contributed by atoms with Gasteiger partial charge >= 0.3 is 0 Å². The summed E-state index contributed by atoms with van der Waals surface area (Å²) in [6, 6.07) is 7.61. The topological polar surface area (TPSA) is 54.0 Å². The van der Waals surface area contributed by atoms with Gasteiger partial charge in [0.15, 0.2) is 4.47 Å². The highest BCUT2D eigenvalue weighted by atomic mass is 35.5. The minimum Gasteiger partial charge on any atom is -0.380 e. The van der Waals surface area contributed by atoms with Crippen LogP contribution in [0.4, 0.5) is 11.4 Å². The number of rotatable bonds is 5. The molecular formula is C14H16ClN3OS. The number of hydrogen-bond donors (Lipinski definition) is 2. The van der Waals surface area contributed by atoms with E-state index in [-0.39, 0.29) is 11.8 Å². The van der Waals surface area contributed by atoms with Crippen LogP contribution in [0.2, 0.25) is 4.47 Å². The Balaban J connectivity index is 1.89. The van der Waals surface area contributed by atoms with E-state index in [9.17, 15) is 4.79 Å². The number of nitrogens with one attached hydrogen (secondary N) is 2. The number of carbonyl (C=O) groups is 1. The van der Waals surface area contributed by atoms with Crippen molar-refractivity contribution in [3.05, 3.63) is 39.8 Å². The Bertz CT molecular complexity index is 580. The molecular weight excluding hydrogens is 294 g/mol. The SMILES string of the molecule is CC(C)C(=O)Nc1ccc(NCc2cnc(Cl)s2)cc1. The normalized spacial score (nSPS) is 10.6. The summed E-state index contributed by atoms with van der Waals surface area (Å²) < 4.78 is 0.550. The van der Waals surface area contributed by atoms with E-state index in [1.54, 1.807) is 6.20 Å². The van der Waals surface area contributed by atoms with Crippen molar-refractivity contribution in [3.8, 4) is 0 Å². The molecule has 1 aromatic heterocycles. The molecule has 0 atom stereocenters. The highest BCUT2D eigenvalue weighted by molar-refractivity contribution is 7.15. The fourth-order valence-corrected chi connectivity index (χ4v) is 2.43. The summed E-state index contributed by atoms with van der Waals surface area (Å²) in [4.78, 5) is 16.6. The minimum atomic E-state index is -0.0242. The van der Waals surface area contributed by atoms with Gasteiger partial charge in [0.1, 0.15) is 0 Å². The van der Waals surface area contributed by atoms with Gasteiger partial charge in [-0.3, -0.25) is 4.79 Å². The average molecular weight is 310 g/mol. The van der Waals surface area contributed by atoms with Gasteiger partial charge in [-0.05, 0) is 24.3 Å². The lowest BCUT2D eigenvalue weighted by Gasteiger charge is -2.09. The van der Waals surface area contributed by atoms with E-state index in [1.807, 2.05) is 38.1 Å². The highest BCUT2D eigenvalue weighted by Crippen LogP contribution is 2.20. The molecule has 6 heteroatoms. The molecule has 0 fully saturated rings. The van der Waals surface area contributed by atoms with Gasteiger partial charge in [-0.2, -0.15) is 0 Å². The molecule has 0 radical (unpaired) electrons. The predicted molar refractivity (Wildman–Crippen MR) is 84.4 cm³/mol. The van der Waals surface area contributed by atoms with Gasteiger partial charge in [-0.1, -0.05) is 25.4 Å². The number of anilines is 2. The molecule has 0 bridgehead atoms. The first-order valence-corrected chi connectivity index (χ1v) is 7.49. The quantitative estimate of drug-likeness (QED) is 0.877. The maximum absolute atomic E-state index is 11.6. The zero-order valence-electron chi connectivity index (χ0n) is 11.3. The molecule has 0 aliphatic rings. The van der Waals surface area contributed by atoms with Crippen molar-refractivity contribution in [2.45, 2.75) is 20.4 Å². The van der Waals surface area contributed by atoms with Crippen LogP contribution >= 0.6 is 22.9 Å². The smallest absolute Gasteiger partial charge is 0.226 e. The van der Waals surface area contributed by atoms with Crippen molar-refractivity contribution < 1.29 is 4.79 Å². The zero-order chi connectivity index (χ0) is 14.5. The minimum absolute atomic E-state index is 0.0185. The third-order valence-corrected chi connectivity index (χ3v) is 3.78. The summed E-state index contributed by atoms with van der Waals surface area (Å²) in [6.07, 6.45) is 1.76. The van der Waals surface area contributed by atoms with Crippen molar-refractivity contribution in [1.29, 1.82) is 0 Å². The van der Waals surface area contributed by atoms with Gasteiger partial charge in [-0.25, -0.2) is 4.98 Å². The Labute approximate surface area is 127 Å². The van der Waals surface area contributed by atoms with Crippen molar-refractivity contribution in [2.75, 3.05) is 10.6 Å². The molecule has 2 rings (SSSR count). The second kappa shape index (κ2) is 6.72. The van der Waals surface area contributed by atoms with Crippen molar-refractivity contribution in [1.82, 2.24) is 4.98 Å². The maximum Gasteiger partial charge on any atom is 0.226 e. The molecule has 0 aliphatic heterocycles. The second-order valence-corrected chi connectivity index (χ2v) is 6.35. The molecule has 4 nitrogen and oxygen atoms in total. The molecule has 2 aromatic rings. The highest BCUT2D eigenvalue weighted by Gasteiger charge is 2.06. The van der Waals surface area contributed by atoms with Crippen LogP contribution in [0.3, 0.4) is 0 Å². The standard InChI is InChI=1S/C14H16ClN3OS/c1-9(2)13(19)18-11-5-3-10(4-6-11)16-7-12-8-17-14(15)20-12/h3-6,8-9,16H,7H2,1-2H3,(H,18,19). The van der Waals surface area contributed by atoms with Gasteiger partial charge in [-0.15, -0.1) is 11.3 Å². The monoisotopic (exact) mass is 309 g/mol. The molecule has 20 heavy (non-hydrogen) atoms. The number of halogens is 1. The number of hydrogen-bond acceptors (Lipinski definition) is 4. The van der Waals surface area contributed by atoms with E-state index in [0.29, 0.717) is 11.0 Å². The maximum atomic E-state index is 11.6. The number of carbonyl (C=O) groups excluding carboxylic acids is 1. The molecule has 1 heterocycles. The number of benzene rings is 1. The number of thiazole rings is 1. The van der Waals surface area contributed by atoms with Crippen molar-refractivity contribution in [3.63, 3.8) is 0 Å². The van der Waals surface area contributed by atoms with Crippen molar-refractivity contribution >= 4 is 40.2 Å². The molecule has 1 amide bonds. The third-order valence-electron chi connectivity index (χ3n) is 2.67. The Morgan fingerprint density at radius 2 is 1.95 bits per heavy atom. The van der Waals surface area contributed by atoms with Crippen LogP contribution in [-0.2, 0) is 11.3 Å². The van der Waals surface area contributed by atoms with Crippen LogP contribution < -0.4 is 10.6 Å². The van der Waals surface area contributed by atoms with Crippen LogP contribution in [-0.4, -0.2) is 10.9 Å². The van der Waals surface area contributed by atoms with E-state index < -0.39 is 0 Å². The van der Waals surface area contributed by atoms with Gasteiger partial charge in [0.2, 0.25) is 5.91 Å². The van der Waals surface area contributed by atoms with E-state index in [2.05, 4.69) is 15.6 Å². The molecule has 0 saturated carbocycles. The molecule has 0 spiro atoms. The van der Waals surface area contributed by atoms with Gasteiger partial charge in [0.25, 0.3) is 0 Å². The Morgan fingerprint density at radius 1 is 1.30 bits per heavy atom. The van der Waals surface area contributed by atoms with Gasteiger partial charge in [0, 0.05) is 28.4 Å². The summed E-state index contributed by atoms with van der Waals surface area (Å²) >= 11 is 7.23. The van der Waals surface area contributed by atoms with Crippen LogP contribution in [0.1, 0.15) is 18.7 Å². The lowest BCUT2D eigenvalue weighted by Crippen LogP contribution is -2.17. The van der Waals surface area contributed by atoms with Crippen LogP contribution in [0.25, 0.3) is 0 Å². The molecule has 2 N–H and O–H groups in total. The molecule has 0 unspecified atom stereocenters. The van der Waals surface area contributed by atoms with Gasteiger partial charge in [0.05, 0.1) is 6.54 Å².